The average Bonchev–Trinajstić information content (AvgIpc) is 3.35. The van der Waals surface area contributed by atoms with Crippen LogP contribution in [0, 0.1) is 0 Å². The lowest BCUT2D eigenvalue weighted by molar-refractivity contribution is -0.123. The molecule has 4 heterocycles. The van der Waals surface area contributed by atoms with Crippen molar-refractivity contribution in [3.8, 4) is 11.6 Å². The van der Waals surface area contributed by atoms with Gasteiger partial charge in [-0.05, 0) is 35.9 Å². The Hall–Kier alpha value is -4.84. The summed E-state index contributed by atoms with van der Waals surface area (Å²) in [6, 6.07) is 23.8. The fraction of sp³-hybridized carbons (Fsp3) is 0.242. The van der Waals surface area contributed by atoms with Crippen LogP contribution >= 0.6 is 11.6 Å². The summed E-state index contributed by atoms with van der Waals surface area (Å²) >= 11 is 6.46. The molecule has 45 heavy (non-hydrogen) atoms. The molecule has 0 saturated carbocycles. The van der Waals surface area contributed by atoms with Gasteiger partial charge in [0, 0.05) is 30.1 Å². The number of halogens is 1. The largest absolute Gasteiger partial charge is 0.493 e. The van der Waals surface area contributed by atoms with Gasteiger partial charge in [0.05, 0.1) is 37.1 Å². The number of pyridine rings is 1. The Kier molecular flexibility index (Phi) is 7.88. The van der Waals surface area contributed by atoms with Crippen molar-refractivity contribution in [1.82, 2.24) is 14.5 Å². The van der Waals surface area contributed by atoms with Crippen LogP contribution in [-0.2, 0) is 21.0 Å². The van der Waals surface area contributed by atoms with Crippen molar-refractivity contribution in [3.05, 3.63) is 90.6 Å². The number of para-hydroxylation sites is 1. The summed E-state index contributed by atoms with van der Waals surface area (Å²) in [7, 11) is 0. The molecule has 0 bridgehead atoms. The molecule has 7 rings (SSSR count). The topological polar surface area (TPSA) is 122 Å². The van der Waals surface area contributed by atoms with E-state index in [1.54, 1.807) is 33.9 Å². The zero-order valence-electron chi connectivity index (χ0n) is 24.1. The minimum Gasteiger partial charge on any atom is -0.493 e. The molecule has 11 nitrogen and oxygen atoms in total. The predicted octanol–water partition coefficient (Wildman–Crippen LogP) is 5.57. The van der Waals surface area contributed by atoms with Gasteiger partial charge in [0.25, 0.3) is 0 Å². The van der Waals surface area contributed by atoms with E-state index < -0.39 is 17.9 Å². The Bertz CT molecular complexity index is 1920. The number of hydrogen-bond donors (Lipinski definition) is 1. The Labute approximate surface area is 263 Å². The lowest BCUT2D eigenvalue weighted by Crippen LogP contribution is -2.56. The molecule has 0 radical (unpaired) electrons. The van der Waals surface area contributed by atoms with Crippen LogP contribution in [0.1, 0.15) is 11.6 Å². The highest BCUT2D eigenvalue weighted by molar-refractivity contribution is 6.37. The quantitative estimate of drug-likeness (QED) is 0.136. The number of morpholine rings is 1. The van der Waals surface area contributed by atoms with Crippen LogP contribution in [0.3, 0.4) is 0 Å². The number of hydrogen-bond acceptors (Lipinski definition) is 8. The van der Waals surface area contributed by atoms with Crippen molar-refractivity contribution in [2.45, 2.75) is 18.1 Å². The number of nitrogens with zero attached hydrogens (tertiary/aromatic N) is 6. The van der Waals surface area contributed by atoms with Gasteiger partial charge in [0.2, 0.25) is 11.8 Å². The van der Waals surface area contributed by atoms with Crippen molar-refractivity contribution >= 4 is 56.6 Å². The lowest BCUT2D eigenvalue weighted by Gasteiger charge is -2.45. The highest BCUT2D eigenvalue weighted by Gasteiger charge is 2.48. The van der Waals surface area contributed by atoms with Gasteiger partial charge in [-0.15, -0.1) is 21.8 Å². The second kappa shape index (κ2) is 12.3. The first-order valence-electron chi connectivity index (χ1n) is 14.6. The van der Waals surface area contributed by atoms with E-state index in [4.69, 9.17) is 21.1 Å². The summed E-state index contributed by atoms with van der Waals surface area (Å²) in [5.41, 5.74) is 3.07. The molecule has 228 valence electrons. The lowest BCUT2D eigenvalue weighted by atomic mass is 9.91. The SMILES string of the molecule is O=C(COc1ccc(N2C(=O)C(Cl)C2c2ccccc2)c2cccnc12)N=Nc1c(O)n(CN2CCOCC2)c2ccccc12. The molecule has 5 aromatic rings. The third-order valence-electron chi connectivity index (χ3n) is 8.11. The molecule has 2 aliphatic heterocycles. The van der Waals surface area contributed by atoms with E-state index in [1.165, 1.54) is 0 Å². The van der Waals surface area contributed by atoms with Crippen LogP contribution in [-0.4, -0.2) is 69.7 Å². The molecule has 2 fully saturated rings. The van der Waals surface area contributed by atoms with E-state index in [2.05, 4.69) is 20.1 Å². The zero-order chi connectivity index (χ0) is 30.9. The third kappa shape index (κ3) is 5.39. The zero-order valence-corrected chi connectivity index (χ0v) is 24.9. The van der Waals surface area contributed by atoms with Crippen LogP contribution < -0.4 is 9.64 Å². The van der Waals surface area contributed by atoms with Crippen molar-refractivity contribution in [2.24, 2.45) is 10.2 Å². The number of rotatable bonds is 8. The number of fused-ring (bicyclic) bond motifs is 2. The highest BCUT2D eigenvalue weighted by Crippen LogP contribution is 2.45. The Morgan fingerprint density at radius 3 is 2.58 bits per heavy atom. The Morgan fingerprint density at radius 2 is 1.76 bits per heavy atom. The summed E-state index contributed by atoms with van der Waals surface area (Å²) in [5.74, 6) is -0.553. The van der Waals surface area contributed by atoms with E-state index in [-0.39, 0.29) is 23.5 Å². The highest BCUT2D eigenvalue weighted by atomic mass is 35.5. The summed E-state index contributed by atoms with van der Waals surface area (Å²) in [6.07, 6.45) is 1.62. The maximum Gasteiger partial charge on any atom is 0.302 e. The van der Waals surface area contributed by atoms with Crippen LogP contribution in [0.5, 0.6) is 11.6 Å². The van der Waals surface area contributed by atoms with E-state index in [9.17, 15) is 14.7 Å². The number of amides is 2. The molecule has 2 amide bonds. The van der Waals surface area contributed by atoms with Crippen molar-refractivity contribution < 1.29 is 24.2 Å². The number of ether oxygens (including phenoxy) is 2. The molecular weight excluding hydrogens is 596 g/mol. The van der Waals surface area contributed by atoms with Gasteiger partial charge in [-0.3, -0.25) is 24.0 Å². The molecule has 0 aliphatic carbocycles. The minimum atomic E-state index is -0.675. The van der Waals surface area contributed by atoms with Gasteiger partial charge in [0.15, 0.2) is 12.3 Å². The van der Waals surface area contributed by atoms with E-state index in [0.717, 1.165) is 24.2 Å². The Morgan fingerprint density at radius 1 is 1.00 bits per heavy atom. The number of aromatic nitrogens is 2. The number of β-lactam (4-membered cyclic amide) rings is 1. The molecule has 2 aromatic heterocycles. The number of aromatic hydroxyl groups is 1. The molecule has 0 spiro atoms. The summed E-state index contributed by atoms with van der Waals surface area (Å²) in [5, 5.41) is 19.8. The number of carbonyl (C=O) groups excluding carboxylic acids is 2. The average molecular weight is 625 g/mol. The fourth-order valence-corrected chi connectivity index (χ4v) is 6.24. The minimum absolute atomic E-state index is 0.0699. The number of anilines is 1. The maximum absolute atomic E-state index is 12.9. The first-order chi connectivity index (χ1) is 22.0. The van der Waals surface area contributed by atoms with Gasteiger partial charge in [0.1, 0.15) is 16.6 Å². The molecule has 2 aliphatic rings. The second-order valence-electron chi connectivity index (χ2n) is 10.8. The van der Waals surface area contributed by atoms with Crippen LogP contribution in [0.4, 0.5) is 11.4 Å². The molecular formula is C33H29ClN6O5. The molecule has 2 saturated heterocycles. The molecule has 3 aromatic carbocycles. The van der Waals surface area contributed by atoms with E-state index in [0.29, 0.717) is 47.6 Å². The van der Waals surface area contributed by atoms with E-state index >= 15 is 0 Å². The predicted molar refractivity (Wildman–Crippen MR) is 169 cm³/mol. The van der Waals surface area contributed by atoms with Crippen molar-refractivity contribution in [2.75, 3.05) is 37.8 Å². The summed E-state index contributed by atoms with van der Waals surface area (Å²) in [4.78, 5) is 34.1. The Balaban J connectivity index is 1.10. The number of carbonyl (C=O) groups is 2. The van der Waals surface area contributed by atoms with Gasteiger partial charge >= 0.3 is 5.91 Å². The normalized spacial score (nSPS) is 19.0. The van der Waals surface area contributed by atoms with Gasteiger partial charge in [-0.25, -0.2) is 0 Å². The second-order valence-corrected chi connectivity index (χ2v) is 11.3. The first-order valence-corrected chi connectivity index (χ1v) is 15.0. The number of azo groups is 1. The smallest absolute Gasteiger partial charge is 0.302 e. The number of benzene rings is 3. The van der Waals surface area contributed by atoms with Crippen molar-refractivity contribution in [3.63, 3.8) is 0 Å². The standard InChI is InChI=1S/C33H29ClN6O5/c34-28-31(21-7-2-1-3-8-21)40(32(28)42)25-12-13-26(29-23(25)10-6-14-35-29)45-19-27(41)36-37-30-22-9-4-5-11-24(22)39(33(30)43)20-38-15-17-44-18-16-38/h1-14,28,31,43H,15-20H2. The summed E-state index contributed by atoms with van der Waals surface area (Å²) < 4.78 is 13.1. The number of alkyl halides is 1. The monoisotopic (exact) mass is 624 g/mol. The van der Waals surface area contributed by atoms with E-state index in [1.807, 2.05) is 60.7 Å². The molecule has 2 unspecified atom stereocenters. The van der Waals surface area contributed by atoms with Gasteiger partial charge < -0.3 is 19.5 Å². The fourth-order valence-electron chi connectivity index (χ4n) is 5.88. The van der Waals surface area contributed by atoms with Gasteiger partial charge in [-0.2, -0.15) is 0 Å². The third-order valence-corrected chi connectivity index (χ3v) is 8.54. The first kappa shape index (κ1) is 28.9. The van der Waals surface area contributed by atoms with Gasteiger partial charge in [-0.1, -0.05) is 48.5 Å². The summed E-state index contributed by atoms with van der Waals surface area (Å²) in [6.45, 7) is 2.82. The van der Waals surface area contributed by atoms with Crippen LogP contribution in [0.25, 0.3) is 21.8 Å². The van der Waals surface area contributed by atoms with Crippen LogP contribution in [0.2, 0.25) is 0 Å². The van der Waals surface area contributed by atoms with Crippen LogP contribution in [0.15, 0.2) is 95.3 Å². The maximum atomic E-state index is 12.9. The molecule has 1 N–H and O–H groups in total. The molecule has 12 heteroatoms. The van der Waals surface area contributed by atoms with Crippen molar-refractivity contribution in [1.29, 1.82) is 0 Å². The molecule has 2 atom stereocenters.